The quantitative estimate of drug-likeness (QED) is 0.811. The molecule has 0 bridgehead atoms. The fraction of sp³-hybridized carbons (Fsp3) is 0.625. The number of amides is 2. The third-order valence-corrected chi connectivity index (χ3v) is 5.06. The summed E-state index contributed by atoms with van der Waals surface area (Å²) in [5.41, 5.74) is 0. The van der Waals surface area contributed by atoms with Gasteiger partial charge in [0.05, 0.1) is 12.0 Å². The zero-order chi connectivity index (χ0) is 16.1. The van der Waals surface area contributed by atoms with Gasteiger partial charge in [0.1, 0.15) is 0 Å². The minimum Gasteiger partial charge on any atom is -0.356 e. The van der Waals surface area contributed by atoms with E-state index in [1.807, 2.05) is 31.6 Å². The van der Waals surface area contributed by atoms with Crippen molar-refractivity contribution in [3.63, 3.8) is 0 Å². The molecule has 0 unspecified atom stereocenters. The number of hydrogen-bond donors (Lipinski definition) is 1. The SMILES string of the molecule is CN(C)CCCNC(=O)[C@@H]1CCC(=O)N(C)[C@@H]1c1cccs1. The van der Waals surface area contributed by atoms with Crippen LogP contribution in [-0.2, 0) is 9.59 Å². The van der Waals surface area contributed by atoms with Gasteiger partial charge in [-0.2, -0.15) is 0 Å². The Morgan fingerprint density at radius 2 is 2.27 bits per heavy atom. The van der Waals surface area contributed by atoms with Gasteiger partial charge in [-0.25, -0.2) is 0 Å². The van der Waals surface area contributed by atoms with Gasteiger partial charge in [-0.05, 0) is 44.9 Å². The first-order valence-electron chi connectivity index (χ1n) is 7.72. The Balaban J connectivity index is 2.00. The first-order chi connectivity index (χ1) is 10.5. The van der Waals surface area contributed by atoms with Crippen LogP contribution in [0, 0.1) is 5.92 Å². The molecule has 0 saturated carbocycles. The number of carbonyl (C=O) groups is 2. The number of piperidine rings is 1. The molecule has 1 aliphatic rings. The molecule has 2 amide bonds. The molecule has 22 heavy (non-hydrogen) atoms. The van der Waals surface area contributed by atoms with Crippen molar-refractivity contribution in [3.8, 4) is 0 Å². The Bertz CT molecular complexity index is 501. The summed E-state index contributed by atoms with van der Waals surface area (Å²) in [7, 11) is 5.85. The summed E-state index contributed by atoms with van der Waals surface area (Å²) in [5.74, 6) is 0.0345. The Morgan fingerprint density at radius 3 is 2.91 bits per heavy atom. The molecular formula is C16H25N3O2S. The minimum atomic E-state index is -0.152. The van der Waals surface area contributed by atoms with Gasteiger partial charge in [-0.15, -0.1) is 11.3 Å². The summed E-state index contributed by atoms with van der Waals surface area (Å²) in [5, 5.41) is 5.03. The monoisotopic (exact) mass is 323 g/mol. The van der Waals surface area contributed by atoms with Crippen LogP contribution in [0.2, 0.25) is 0 Å². The number of thiophene rings is 1. The Morgan fingerprint density at radius 1 is 1.50 bits per heavy atom. The predicted molar refractivity (Wildman–Crippen MR) is 88.7 cm³/mol. The molecule has 6 heteroatoms. The van der Waals surface area contributed by atoms with Gasteiger partial charge in [0, 0.05) is 24.9 Å². The van der Waals surface area contributed by atoms with Crippen LogP contribution in [0.25, 0.3) is 0 Å². The van der Waals surface area contributed by atoms with Crippen molar-refractivity contribution in [2.75, 3.05) is 34.2 Å². The van der Waals surface area contributed by atoms with Crippen LogP contribution < -0.4 is 5.32 Å². The summed E-state index contributed by atoms with van der Waals surface area (Å²) < 4.78 is 0. The van der Waals surface area contributed by atoms with Gasteiger partial charge in [0.2, 0.25) is 11.8 Å². The maximum Gasteiger partial charge on any atom is 0.225 e. The van der Waals surface area contributed by atoms with Gasteiger partial charge >= 0.3 is 0 Å². The molecule has 1 N–H and O–H groups in total. The van der Waals surface area contributed by atoms with Crippen LogP contribution in [0.15, 0.2) is 17.5 Å². The van der Waals surface area contributed by atoms with Crippen molar-refractivity contribution in [3.05, 3.63) is 22.4 Å². The largest absolute Gasteiger partial charge is 0.356 e. The van der Waals surface area contributed by atoms with Crippen LogP contribution in [-0.4, -0.2) is 55.8 Å². The molecule has 5 nitrogen and oxygen atoms in total. The molecule has 2 heterocycles. The smallest absolute Gasteiger partial charge is 0.225 e. The molecule has 0 aliphatic carbocycles. The number of rotatable bonds is 6. The van der Waals surface area contributed by atoms with Crippen molar-refractivity contribution < 1.29 is 9.59 Å². The topological polar surface area (TPSA) is 52.7 Å². The lowest BCUT2D eigenvalue weighted by Gasteiger charge is -2.37. The second-order valence-electron chi connectivity index (χ2n) is 6.06. The molecule has 1 aromatic rings. The van der Waals surface area contributed by atoms with E-state index < -0.39 is 0 Å². The standard InChI is InChI=1S/C16H25N3O2S/c1-18(2)10-5-9-17-16(21)12-7-8-14(20)19(3)15(12)13-6-4-11-22-13/h4,6,11-12,15H,5,7-10H2,1-3H3,(H,17,21)/t12-,15+/m1/s1. The number of carbonyl (C=O) groups excluding carboxylic acids is 2. The lowest BCUT2D eigenvalue weighted by molar-refractivity contribution is -0.141. The van der Waals surface area contributed by atoms with Crippen LogP contribution in [0.4, 0.5) is 0 Å². The van der Waals surface area contributed by atoms with Crippen molar-refractivity contribution >= 4 is 23.2 Å². The van der Waals surface area contributed by atoms with Gasteiger partial charge in [0.15, 0.2) is 0 Å². The summed E-state index contributed by atoms with van der Waals surface area (Å²) in [6.07, 6.45) is 2.02. The lowest BCUT2D eigenvalue weighted by Crippen LogP contribution is -2.46. The second-order valence-corrected chi connectivity index (χ2v) is 7.04. The van der Waals surface area contributed by atoms with Crippen molar-refractivity contribution in [2.24, 2.45) is 5.92 Å². The van der Waals surface area contributed by atoms with Crippen LogP contribution in [0.5, 0.6) is 0 Å². The summed E-state index contributed by atoms with van der Waals surface area (Å²) in [4.78, 5) is 29.5. The van der Waals surface area contributed by atoms with E-state index in [2.05, 4.69) is 10.2 Å². The van der Waals surface area contributed by atoms with Gasteiger partial charge in [-0.1, -0.05) is 6.07 Å². The first kappa shape index (κ1) is 17.0. The number of likely N-dealkylation sites (tertiary alicyclic amines) is 1. The average molecular weight is 323 g/mol. The van der Waals surface area contributed by atoms with Gasteiger partial charge in [0.25, 0.3) is 0 Å². The third kappa shape index (κ3) is 4.08. The second kappa shape index (κ2) is 7.74. The molecule has 1 aliphatic heterocycles. The highest BCUT2D eigenvalue weighted by atomic mass is 32.1. The summed E-state index contributed by atoms with van der Waals surface area (Å²) >= 11 is 1.61. The van der Waals surface area contributed by atoms with E-state index >= 15 is 0 Å². The number of nitrogens with zero attached hydrogens (tertiary/aromatic N) is 2. The van der Waals surface area contributed by atoms with Gasteiger partial charge < -0.3 is 15.1 Å². The molecule has 0 radical (unpaired) electrons. The zero-order valence-corrected chi connectivity index (χ0v) is 14.4. The summed E-state index contributed by atoms with van der Waals surface area (Å²) in [6, 6.07) is 3.85. The first-order valence-corrected chi connectivity index (χ1v) is 8.60. The maximum absolute atomic E-state index is 12.5. The molecule has 122 valence electrons. The van der Waals surface area contributed by atoms with E-state index in [0.29, 0.717) is 19.4 Å². The fourth-order valence-corrected chi connectivity index (χ4v) is 3.83. The molecule has 1 saturated heterocycles. The molecule has 2 rings (SSSR count). The molecule has 0 spiro atoms. The van der Waals surface area contributed by atoms with Crippen molar-refractivity contribution in [2.45, 2.75) is 25.3 Å². The molecule has 1 fully saturated rings. The highest BCUT2D eigenvalue weighted by molar-refractivity contribution is 7.10. The van der Waals surface area contributed by atoms with E-state index in [9.17, 15) is 9.59 Å². The highest BCUT2D eigenvalue weighted by Crippen LogP contribution is 2.37. The molecule has 0 aromatic carbocycles. The van der Waals surface area contributed by atoms with E-state index in [-0.39, 0.29) is 23.8 Å². The Labute approximate surface area is 136 Å². The predicted octanol–water partition coefficient (Wildman–Crippen LogP) is 1.73. The maximum atomic E-state index is 12.5. The van der Waals surface area contributed by atoms with Gasteiger partial charge in [-0.3, -0.25) is 9.59 Å². The zero-order valence-electron chi connectivity index (χ0n) is 13.5. The minimum absolute atomic E-state index is 0.0662. The van der Waals surface area contributed by atoms with Crippen LogP contribution in [0.3, 0.4) is 0 Å². The van der Waals surface area contributed by atoms with Crippen molar-refractivity contribution in [1.29, 1.82) is 0 Å². The average Bonchev–Trinajstić information content (AvgIpc) is 2.99. The van der Waals surface area contributed by atoms with E-state index in [1.54, 1.807) is 23.3 Å². The summed E-state index contributed by atoms with van der Waals surface area (Å²) in [6.45, 7) is 1.64. The lowest BCUT2D eigenvalue weighted by atomic mass is 9.87. The highest BCUT2D eigenvalue weighted by Gasteiger charge is 2.39. The fourth-order valence-electron chi connectivity index (χ4n) is 2.90. The number of hydrogen-bond acceptors (Lipinski definition) is 4. The molecule has 1 aromatic heterocycles. The molecule has 2 atom stereocenters. The van der Waals surface area contributed by atoms with Crippen LogP contribution in [0.1, 0.15) is 30.2 Å². The van der Waals surface area contributed by atoms with E-state index in [1.165, 1.54) is 0 Å². The van der Waals surface area contributed by atoms with Crippen molar-refractivity contribution in [1.82, 2.24) is 15.1 Å². The number of nitrogens with one attached hydrogen (secondary N) is 1. The Kier molecular flexibility index (Phi) is 5.97. The van der Waals surface area contributed by atoms with Crippen LogP contribution >= 0.6 is 11.3 Å². The molecular weight excluding hydrogens is 298 g/mol. The Hall–Kier alpha value is -1.40. The van der Waals surface area contributed by atoms with E-state index in [4.69, 9.17) is 0 Å². The third-order valence-electron chi connectivity index (χ3n) is 4.11. The van der Waals surface area contributed by atoms with E-state index in [0.717, 1.165) is 17.8 Å². The normalized spacial score (nSPS) is 22.2.